The van der Waals surface area contributed by atoms with Crippen LogP contribution in [0.25, 0.3) is 0 Å². The molecule has 15 heavy (non-hydrogen) atoms. The molecule has 0 atom stereocenters. The van der Waals surface area contributed by atoms with Crippen LogP contribution in [0.3, 0.4) is 0 Å². The lowest BCUT2D eigenvalue weighted by molar-refractivity contribution is 0.101. The van der Waals surface area contributed by atoms with Gasteiger partial charge < -0.3 is 9.47 Å². The van der Waals surface area contributed by atoms with Gasteiger partial charge in [0.05, 0.1) is 12.7 Å². The molecule has 82 valence electrons. The summed E-state index contributed by atoms with van der Waals surface area (Å²) in [5.41, 5.74) is 0.434. The van der Waals surface area contributed by atoms with Gasteiger partial charge in [0.2, 0.25) is 0 Å². The van der Waals surface area contributed by atoms with E-state index in [0.717, 1.165) is 0 Å². The molecule has 0 saturated heterocycles. The molecule has 0 heterocycles. The largest absolute Gasteiger partial charge is 0.497 e. The fraction of sp³-hybridized carbons (Fsp3) is 0.364. The Hall–Kier alpha value is -1.58. The lowest BCUT2D eigenvalue weighted by Gasteiger charge is -2.09. The lowest BCUT2D eigenvalue weighted by Crippen LogP contribution is -2.04. The maximum absolute atomic E-state index is 12.0. The zero-order valence-electron chi connectivity index (χ0n) is 8.75. The zero-order chi connectivity index (χ0) is 11.3. The lowest BCUT2D eigenvalue weighted by atomic mass is 10.1. The predicted octanol–water partition coefficient (Wildman–Crippen LogP) is 2.25. The number of ether oxygens (including phenoxy) is 2. The summed E-state index contributed by atoms with van der Waals surface area (Å²) in [7, 11) is 1.52. The van der Waals surface area contributed by atoms with Crippen molar-refractivity contribution in [3.8, 4) is 11.5 Å². The normalized spacial score (nSPS) is 9.80. The topological polar surface area (TPSA) is 35.5 Å². The second-order valence-electron chi connectivity index (χ2n) is 2.96. The van der Waals surface area contributed by atoms with Crippen molar-refractivity contribution in [2.75, 3.05) is 20.4 Å². The Morgan fingerprint density at radius 1 is 1.47 bits per heavy atom. The number of carbonyl (C=O) groups excluding carboxylic acids is 1. The third-order valence-electron chi connectivity index (χ3n) is 1.90. The van der Waals surface area contributed by atoms with Gasteiger partial charge in [0.1, 0.15) is 24.8 Å². The number of hydrogen-bond donors (Lipinski definition) is 0. The van der Waals surface area contributed by atoms with Gasteiger partial charge in [-0.2, -0.15) is 0 Å². The molecular weight excluding hydrogens is 199 g/mol. The van der Waals surface area contributed by atoms with Crippen LogP contribution in [0.2, 0.25) is 0 Å². The summed E-state index contributed by atoms with van der Waals surface area (Å²) >= 11 is 0. The van der Waals surface area contributed by atoms with E-state index < -0.39 is 6.67 Å². The molecule has 1 aromatic carbocycles. The standard InChI is InChI=1S/C11H13FO3/c1-8(13)10-4-3-9(14-2)7-11(10)15-6-5-12/h3-4,7H,5-6H2,1-2H3. The van der Waals surface area contributed by atoms with Crippen LogP contribution in [0.1, 0.15) is 17.3 Å². The van der Waals surface area contributed by atoms with E-state index in [1.54, 1.807) is 18.2 Å². The van der Waals surface area contributed by atoms with Gasteiger partial charge >= 0.3 is 0 Å². The van der Waals surface area contributed by atoms with Crippen LogP contribution in [0.5, 0.6) is 11.5 Å². The second-order valence-corrected chi connectivity index (χ2v) is 2.96. The van der Waals surface area contributed by atoms with E-state index >= 15 is 0 Å². The molecule has 0 aliphatic rings. The summed E-state index contributed by atoms with van der Waals surface area (Å²) in [4.78, 5) is 11.2. The van der Waals surface area contributed by atoms with E-state index in [4.69, 9.17) is 9.47 Å². The van der Waals surface area contributed by atoms with Crippen molar-refractivity contribution in [3.05, 3.63) is 23.8 Å². The Kier molecular flexibility index (Phi) is 4.09. The van der Waals surface area contributed by atoms with Gasteiger partial charge in [0.15, 0.2) is 5.78 Å². The monoisotopic (exact) mass is 212 g/mol. The van der Waals surface area contributed by atoms with Crippen LogP contribution >= 0.6 is 0 Å². The average Bonchev–Trinajstić information content (AvgIpc) is 2.25. The van der Waals surface area contributed by atoms with Crippen molar-refractivity contribution in [2.24, 2.45) is 0 Å². The minimum atomic E-state index is -0.589. The molecule has 0 unspecified atom stereocenters. The summed E-state index contributed by atoms with van der Waals surface area (Å²) in [6.07, 6.45) is 0. The SMILES string of the molecule is COc1ccc(C(C)=O)c(OCCF)c1. The quantitative estimate of drug-likeness (QED) is 0.702. The van der Waals surface area contributed by atoms with Crippen LogP contribution in [0.15, 0.2) is 18.2 Å². The summed E-state index contributed by atoms with van der Waals surface area (Å²) in [5.74, 6) is 0.819. The van der Waals surface area contributed by atoms with E-state index in [9.17, 15) is 9.18 Å². The Bertz CT molecular complexity index is 350. The minimum absolute atomic E-state index is 0.0621. The zero-order valence-corrected chi connectivity index (χ0v) is 8.75. The van der Waals surface area contributed by atoms with E-state index in [1.165, 1.54) is 14.0 Å². The average molecular weight is 212 g/mol. The molecular formula is C11H13FO3. The maximum atomic E-state index is 12.0. The molecule has 0 aromatic heterocycles. The molecule has 0 N–H and O–H groups in total. The van der Waals surface area contributed by atoms with Crippen LogP contribution in [0.4, 0.5) is 4.39 Å². The van der Waals surface area contributed by atoms with Gasteiger partial charge in [0, 0.05) is 6.07 Å². The van der Waals surface area contributed by atoms with E-state index in [2.05, 4.69) is 0 Å². The molecule has 0 aliphatic heterocycles. The van der Waals surface area contributed by atoms with Crippen LogP contribution in [0, 0.1) is 0 Å². The van der Waals surface area contributed by atoms with Crippen molar-refractivity contribution < 1.29 is 18.7 Å². The number of halogens is 1. The molecule has 1 rings (SSSR count). The van der Waals surface area contributed by atoms with Crippen molar-refractivity contribution in [3.63, 3.8) is 0 Å². The second kappa shape index (κ2) is 5.34. The molecule has 0 radical (unpaired) electrons. The Morgan fingerprint density at radius 2 is 2.20 bits per heavy atom. The first kappa shape index (κ1) is 11.5. The van der Waals surface area contributed by atoms with Gasteiger partial charge in [-0.25, -0.2) is 4.39 Å². The van der Waals surface area contributed by atoms with Crippen molar-refractivity contribution >= 4 is 5.78 Å². The third-order valence-corrected chi connectivity index (χ3v) is 1.90. The summed E-state index contributed by atoms with van der Waals surface area (Å²) in [6.45, 7) is 0.784. The third kappa shape index (κ3) is 2.94. The summed E-state index contributed by atoms with van der Waals surface area (Å²) < 4.78 is 22.1. The fourth-order valence-corrected chi connectivity index (χ4v) is 1.19. The number of methoxy groups -OCH3 is 1. The van der Waals surface area contributed by atoms with Gasteiger partial charge in [-0.3, -0.25) is 4.79 Å². The number of ketones is 1. The van der Waals surface area contributed by atoms with Gasteiger partial charge in [-0.15, -0.1) is 0 Å². The van der Waals surface area contributed by atoms with E-state index in [1.807, 2.05) is 0 Å². The smallest absolute Gasteiger partial charge is 0.163 e. The van der Waals surface area contributed by atoms with Crippen molar-refractivity contribution in [1.29, 1.82) is 0 Å². The molecule has 0 aliphatic carbocycles. The molecule has 0 spiro atoms. The van der Waals surface area contributed by atoms with Crippen LogP contribution in [-0.4, -0.2) is 26.2 Å². The maximum Gasteiger partial charge on any atom is 0.163 e. The number of Topliss-reactive ketones (excluding diaryl/α,β-unsaturated/α-hetero) is 1. The highest BCUT2D eigenvalue weighted by molar-refractivity contribution is 5.97. The molecule has 0 bridgehead atoms. The van der Waals surface area contributed by atoms with E-state index in [0.29, 0.717) is 17.1 Å². The first-order chi connectivity index (χ1) is 7.19. The molecule has 0 fully saturated rings. The Labute approximate surface area is 87.8 Å². The summed E-state index contributed by atoms with van der Waals surface area (Å²) in [5, 5.41) is 0. The van der Waals surface area contributed by atoms with Crippen molar-refractivity contribution in [2.45, 2.75) is 6.92 Å². The molecule has 0 saturated carbocycles. The summed E-state index contributed by atoms with van der Waals surface area (Å²) in [6, 6.07) is 4.85. The first-order valence-corrected chi connectivity index (χ1v) is 4.56. The highest BCUT2D eigenvalue weighted by atomic mass is 19.1. The number of benzene rings is 1. The highest BCUT2D eigenvalue weighted by Gasteiger charge is 2.09. The molecule has 3 nitrogen and oxygen atoms in total. The van der Waals surface area contributed by atoms with Crippen molar-refractivity contribution in [1.82, 2.24) is 0 Å². The molecule has 1 aromatic rings. The minimum Gasteiger partial charge on any atom is -0.497 e. The highest BCUT2D eigenvalue weighted by Crippen LogP contribution is 2.25. The van der Waals surface area contributed by atoms with Gasteiger partial charge in [-0.05, 0) is 19.1 Å². The number of hydrogen-bond acceptors (Lipinski definition) is 3. The van der Waals surface area contributed by atoms with Gasteiger partial charge in [-0.1, -0.05) is 0 Å². The number of rotatable bonds is 5. The van der Waals surface area contributed by atoms with Crippen LogP contribution < -0.4 is 9.47 Å². The van der Waals surface area contributed by atoms with Gasteiger partial charge in [0.25, 0.3) is 0 Å². The first-order valence-electron chi connectivity index (χ1n) is 4.56. The predicted molar refractivity (Wildman–Crippen MR) is 54.5 cm³/mol. The molecule has 0 amide bonds. The number of carbonyl (C=O) groups is 1. The number of alkyl halides is 1. The Morgan fingerprint density at radius 3 is 2.73 bits per heavy atom. The fourth-order valence-electron chi connectivity index (χ4n) is 1.19. The van der Waals surface area contributed by atoms with Crippen LogP contribution in [-0.2, 0) is 0 Å². The molecule has 4 heteroatoms. The van der Waals surface area contributed by atoms with E-state index in [-0.39, 0.29) is 12.4 Å². The Balaban J connectivity index is 2.99.